The molecule has 0 spiro atoms. The van der Waals surface area contributed by atoms with E-state index in [1.54, 1.807) is 0 Å². The maximum absolute atomic E-state index is 10.8. The quantitative estimate of drug-likeness (QED) is 0.584. The summed E-state index contributed by atoms with van der Waals surface area (Å²) in [5.41, 5.74) is 0.168. The summed E-state index contributed by atoms with van der Waals surface area (Å²) in [5, 5.41) is 28.6. The summed E-state index contributed by atoms with van der Waals surface area (Å²) < 4.78 is 4.89. The number of methoxy groups -OCH3 is 1. The summed E-state index contributed by atoms with van der Waals surface area (Å²) in [6.07, 6.45) is 0. The van der Waals surface area contributed by atoms with Gasteiger partial charge >= 0.3 is 5.97 Å². The molecule has 1 N–H and O–H groups in total. The van der Waals surface area contributed by atoms with Crippen LogP contribution in [0.2, 0.25) is 0 Å². The standard InChI is InChI=1S/C12H13N3O5/c1-20-5-4-14(8-12(16)17)11-3-2-10(15(18)19)6-9(11)7-13/h2-3,6H,4-5,8H2,1H3,(H,16,17). The molecule has 0 aliphatic carbocycles. The topological polar surface area (TPSA) is 117 Å². The number of nitriles is 1. The van der Waals surface area contributed by atoms with Crippen LogP contribution in [0.25, 0.3) is 0 Å². The number of hydrogen-bond acceptors (Lipinski definition) is 6. The number of aliphatic carboxylic acids is 1. The first kappa shape index (κ1) is 15.4. The second-order valence-corrected chi connectivity index (χ2v) is 3.88. The van der Waals surface area contributed by atoms with Gasteiger partial charge in [-0.1, -0.05) is 0 Å². The first-order valence-corrected chi connectivity index (χ1v) is 5.63. The lowest BCUT2D eigenvalue weighted by Gasteiger charge is -2.23. The molecule has 0 saturated heterocycles. The number of benzene rings is 1. The number of nitro groups is 1. The first-order valence-electron chi connectivity index (χ1n) is 5.63. The molecule has 8 nitrogen and oxygen atoms in total. The normalized spacial score (nSPS) is 9.80. The van der Waals surface area contributed by atoms with Crippen LogP contribution in [0.15, 0.2) is 18.2 Å². The highest BCUT2D eigenvalue weighted by atomic mass is 16.6. The van der Waals surface area contributed by atoms with Crippen LogP contribution < -0.4 is 4.90 Å². The average molecular weight is 279 g/mol. The van der Waals surface area contributed by atoms with Gasteiger partial charge in [0.05, 0.1) is 22.8 Å². The lowest BCUT2D eigenvalue weighted by molar-refractivity contribution is -0.384. The molecule has 0 radical (unpaired) electrons. The highest BCUT2D eigenvalue weighted by Crippen LogP contribution is 2.24. The van der Waals surface area contributed by atoms with Gasteiger partial charge in [0.1, 0.15) is 12.6 Å². The molecule has 0 heterocycles. The van der Waals surface area contributed by atoms with Gasteiger partial charge < -0.3 is 14.7 Å². The van der Waals surface area contributed by atoms with Crippen LogP contribution in [0.1, 0.15) is 5.56 Å². The van der Waals surface area contributed by atoms with Gasteiger partial charge in [-0.05, 0) is 6.07 Å². The monoisotopic (exact) mass is 279 g/mol. The number of nitrogens with zero attached hydrogens (tertiary/aromatic N) is 3. The number of carboxylic acids is 1. The fourth-order valence-corrected chi connectivity index (χ4v) is 1.65. The number of carboxylic acid groups (broad SMARTS) is 1. The van der Waals surface area contributed by atoms with Gasteiger partial charge in [0, 0.05) is 25.8 Å². The fourth-order valence-electron chi connectivity index (χ4n) is 1.65. The summed E-state index contributed by atoms with van der Waals surface area (Å²) in [6.45, 7) is 0.209. The Hall–Kier alpha value is -2.66. The molecule has 8 heteroatoms. The van der Waals surface area contributed by atoms with E-state index in [-0.39, 0.29) is 30.9 Å². The van der Waals surface area contributed by atoms with E-state index in [0.29, 0.717) is 5.69 Å². The van der Waals surface area contributed by atoms with Crippen molar-refractivity contribution in [1.29, 1.82) is 5.26 Å². The van der Waals surface area contributed by atoms with Crippen LogP contribution in [0.5, 0.6) is 0 Å². The highest BCUT2D eigenvalue weighted by molar-refractivity contribution is 5.75. The predicted molar refractivity (Wildman–Crippen MR) is 69.5 cm³/mol. The number of ether oxygens (including phenoxy) is 1. The summed E-state index contributed by atoms with van der Waals surface area (Å²) in [4.78, 5) is 22.3. The SMILES string of the molecule is COCCN(CC(=O)O)c1ccc([N+](=O)[O-])cc1C#N. The van der Waals surface area contributed by atoms with Crippen molar-refractivity contribution >= 4 is 17.3 Å². The van der Waals surface area contributed by atoms with Gasteiger partial charge in [-0.25, -0.2) is 0 Å². The minimum atomic E-state index is -1.07. The van der Waals surface area contributed by atoms with Crippen molar-refractivity contribution in [1.82, 2.24) is 0 Å². The summed E-state index contributed by atoms with van der Waals surface area (Å²) in [6, 6.07) is 5.57. The predicted octanol–water partition coefficient (Wildman–Crippen LogP) is 1.00. The van der Waals surface area contributed by atoms with Gasteiger partial charge in [-0.15, -0.1) is 0 Å². The van der Waals surface area contributed by atoms with Crippen molar-refractivity contribution < 1.29 is 19.6 Å². The van der Waals surface area contributed by atoms with Crippen LogP contribution in [0, 0.1) is 21.4 Å². The smallest absolute Gasteiger partial charge is 0.323 e. The van der Waals surface area contributed by atoms with E-state index in [1.807, 2.05) is 6.07 Å². The molecule has 0 aliphatic heterocycles. The Labute approximate surface area is 114 Å². The molecule has 1 aromatic carbocycles. The molecular weight excluding hydrogens is 266 g/mol. The Morgan fingerprint density at radius 1 is 1.60 bits per heavy atom. The molecule has 1 aromatic rings. The van der Waals surface area contributed by atoms with Gasteiger partial charge in [-0.3, -0.25) is 14.9 Å². The number of hydrogen-bond donors (Lipinski definition) is 1. The molecule has 20 heavy (non-hydrogen) atoms. The molecule has 0 atom stereocenters. The van der Waals surface area contributed by atoms with Crippen molar-refractivity contribution in [2.24, 2.45) is 0 Å². The van der Waals surface area contributed by atoms with Crippen molar-refractivity contribution in [3.05, 3.63) is 33.9 Å². The third kappa shape index (κ3) is 3.93. The van der Waals surface area contributed by atoms with Gasteiger partial charge in [-0.2, -0.15) is 5.26 Å². The molecule has 106 valence electrons. The summed E-state index contributed by atoms with van der Waals surface area (Å²) >= 11 is 0. The maximum atomic E-state index is 10.8. The largest absolute Gasteiger partial charge is 0.480 e. The number of nitro benzene ring substituents is 1. The molecular formula is C12H13N3O5. The molecule has 0 fully saturated rings. The van der Waals surface area contributed by atoms with E-state index >= 15 is 0 Å². The van der Waals surface area contributed by atoms with Crippen molar-refractivity contribution in [3.8, 4) is 6.07 Å². The Kier molecular flexibility index (Phi) is 5.43. The first-order chi connectivity index (χ1) is 9.49. The van der Waals surface area contributed by atoms with E-state index in [2.05, 4.69) is 0 Å². The Bertz CT molecular complexity index is 553. The minimum absolute atomic E-state index is 0.0524. The molecule has 0 aliphatic rings. The van der Waals surface area contributed by atoms with Gasteiger partial charge in [0.25, 0.3) is 5.69 Å². The van der Waals surface area contributed by atoms with E-state index < -0.39 is 10.9 Å². The molecule has 0 aromatic heterocycles. The molecule has 0 bridgehead atoms. The van der Waals surface area contributed by atoms with Crippen LogP contribution in [-0.2, 0) is 9.53 Å². The van der Waals surface area contributed by atoms with Crippen molar-refractivity contribution in [2.45, 2.75) is 0 Å². The van der Waals surface area contributed by atoms with Crippen LogP contribution in [-0.4, -0.2) is 42.8 Å². The fraction of sp³-hybridized carbons (Fsp3) is 0.333. The second-order valence-electron chi connectivity index (χ2n) is 3.88. The second kappa shape index (κ2) is 7.06. The zero-order chi connectivity index (χ0) is 15.1. The van der Waals surface area contributed by atoms with Gasteiger partial charge in [0.2, 0.25) is 0 Å². The third-order valence-electron chi connectivity index (χ3n) is 2.54. The number of carbonyl (C=O) groups is 1. The lowest BCUT2D eigenvalue weighted by Crippen LogP contribution is -2.33. The number of anilines is 1. The zero-order valence-electron chi connectivity index (χ0n) is 10.8. The van der Waals surface area contributed by atoms with E-state index in [0.717, 1.165) is 6.07 Å². The third-order valence-corrected chi connectivity index (χ3v) is 2.54. The maximum Gasteiger partial charge on any atom is 0.323 e. The lowest BCUT2D eigenvalue weighted by atomic mass is 10.1. The molecule has 0 saturated carbocycles. The zero-order valence-corrected chi connectivity index (χ0v) is 10.8. The van der Waals surface area contributed by atoms with Gasteiger partial charge in [0.15, 0.2) is 0 Å². The summed E-state index contributed by atoms with van der Waals surface area (Å²) in [7, 11) is 1.47. The molecule has 0 unspecified atom stereocenters. The van der Waals surface area contributed by atoms with Crippen molar-refractivity contribution in [3.63, 3.8) is 0 Å². The van der Waals surface area contributed by atoms with Crippen molar-refractivity contribution in [2.75, 3.05) is 31.7 Å². The van der Waals surface area contributed by atoms with E-state index in [1.165, 1.54) is 24.1 Å². The minimum Gasteiger partial charge on any atom is -0.480 e. The molecule has 1 rings (SSSR count). The Morgan fingerprint density at radius 3 is 2.80 bits per heavy atom. The van der Waals surface area contributed by atoms with Crippen LogP contribution >= 0.6 is 0 Å². The van der Waals surface area contributed by atoms with E-state index in [9.17, 15) is 14.9 Å². The highest BCUT2D eigenvalue weighted by Gasteiger charge is 2.17. The average Bonchev–Trinajstić information content (AvgIpc) is 2.42. The molecule has 0 amide bonds. The number of rotatable bonds is 7. The van der Waals surface area contributed by atoms with Crippen LogP contribution in [0.4, 0.5) is 11.4 Å². The number of non-ortho nitro benzene ring substituents is 1. The summed E-state index contributed by atoms with van der Waals surface area (Å²) in [5.74, 6) is -1.07. The Morgan fingerprint density at radius 2 is 2.30 bits per heavy atom. The van der Waals surface area contributed by atoms with E-state index in [4.69, 9.17) is 15.1 Å². The Balaban J connectivity index is 3.15. The van der Waals surface area contributed by atoms with Crippen LogP contribution in [0.3, 0.4) is 0 Å².